The maximum Gasteiger partial charge on any atom is 0.183 e. The van der Waals surface area contributed by atoms with Gasteiger partial charge < -0.3 is 10.2 Å². The Labute approximate surface area is 92.0 Å². The molecule has 2 rings (SSSR count). The maximum atomic E-state index is 9.52. The quantitative estimate of drug-likeness (QED) is 0.837. The standard InChI is InChI=1S/C8H5BrN2O2S/c9-8-11-10-7(14-8)6-4(12)2-1-3-5(6)13/h1-3,12-13H. The fourth-order valence-corrected chi connectivity index (χ4v) is 2.23. The molecular formula is C8H5BrN2O2S. The molecule has 1 aromatic carbocycles. The van der Waals surface area contributed by atoms with Crippen LogP contribution in [0, 0.1) is 0 Å². The molecule has 0 spiro atoms. The summed E-state index contributed by atoms with van der Waals surface area (Å²) in [6.45, 7) is 0. The van der Waals surface area contributed by atoms with E-state index in [1.54, 1.807) is 6.07 Å². The second kappa shape index (κ2) is 3.55. The van der Waals surface area contributed by atoms with Gasteiger partial charge in [0.25, 0.3) is 0 Å². The number of hydrogen-bond acceptors (Lipinski definition) is 5. The van der Waals surface area contributed by atoms with E-state index in [2.05, 4.69) is 26.1 Å². The van der Waals surface area contributed by atoms with Gasteiger partial charge in [0, 0.05) is 0 Å². The molecule has 0 saturated heterocycles. The number of phenols is 2. The van der Waals surface area contributed by atoms with Crippen molar-refractivity contribution in [3.8, 4) is 22.1 Å². The molecule has 0 amide bonds. The van der Waals surface area contributed by atoms with Gasteiger partial charge in [-0.15, -0.1) is 10.2 Å². The first-order valence-electron chi connectivity index (χ1n) is 3.69. The Balaban J connectivity index is 2.61. The first-order valence-corrected chi connectivity index (χ1v) is 5.30. The zero-order chi connectivity index (χ0) is 10.1. The van der Waals surface area contributed by atoms with Crippen LogP contribution in [0.1, 0.15) is 0 Å². The summed E-state index contributed by atoms with van der Waals surface area (Å²) in [5, 5.41) is 27.1. The van der Waals surface area contributed by atoms with Gasteiger partial charge >= 0.3 is 0 Å². The minimum atomic E-state index is -0.00588. The van der Waals surface area contributed by atoms with E-state index in [9.17, 15) is 10.2 Å². The summed E-state index contributed by atoms with van der Waals surface area (Å²) in [5.74, 6) is -0.0118. The lowest BCUT2D eigenvalue weighted by atomic mass is 10.2. The Hall–Kier alpha value is -1.14. The van der Waals surface area contributed by atoms with E-state index >= 15 is 0 Å². The predicted octanol–water partition coefficient (Wildman–Crippen LogP) is 2.38. The fraction of sp³-hybridized carbons (Fsp3) is 0. The van der Waals surface area contributed by atoms with Crippen LogP contribution in [0.15, 0.2) is 22.1 Å². The molecule has 0 bridgehead atoms. The molecule has 0 saturated carbocycles. The van der Waals surface area contributed by atoms with Crippen molar-refractivity contribution in [1.82, 2.24) is 10.2 Å². The van der Waals surface area contributed by atoms with E-state index in [-0.39, 0.29) is 11.5 Å². The van der Waals surface area contributed by atoms with E-state index in [0.717, 1.165) is 0 Å². The molecule has 0 unspecified atom stereocenters. The molecule has 2 N–H and O–H groups in total. The molecule has 72 valence electrons. The number of phenolic OH excluding ortho intramolecular Hbond substituents is 2. The summed E-state index contributed by atoms with van der Waals surface area (Å²) in [6.07, 6.45) is 0. The van der Waals surface area contributed by atoms with E-state index < -0.39 is 0 Å². The minimum absolute atomic E-state index is 0.00588. The molecule has 0 aliphatic heterocycles. The lowest BCUT2D eigenvalue weighted by Gasteiger charge is -2.01. The van der Waals surface area contributed by atoms with Crippen LogP contribution < -0.4 is 0 Å². The number of nitrogens with zero attached hydrogens (tertiary/aromatic N) is 2. The number of aromatic nitrogens is 2. The van der Waals surface area contributed by atoms with Gasteiger partial charge in [-0.05, 0) is 28.1 Å². The third kappa shape index (κ3) is 1.58. The number of aromatic hydroxyl groups is 2. The van der Waals surface area contributed by atoms with Crippen molar-refractivity contribution in [1.29, 1.82) is 0 Å². The summed E-state index contributed by atoms with van der Waals surface area (Å²) in [7, 11) is 0. The van der Waals surface area contributed by atoms with Crippen molar-refractivity contribution >= 4 is 27.3 Å². The second-order valence-corrected chi connectivity index (χ2v) is 4.78. The van der Waals surface area contributed by atoms with Crippen molar-refractivity contribution in [2.24, 2.45) is 0 Å². The van der Waals surface area contributed by atoms with E-state index in [0.29, 0.717) is 14.5 Å². The number of halogens is 1. The van der Waals surface area contributed by atoms with Gasteiger partial charge in [-0.3, -0.25) is 0 Å². The fourth-order valence-electron chi connectivity index (χ4n) is 1.05. The average Bonchev–Trinajstić information content (AvgIpc) is 2.51. The molecule has 1 aromatic heterocycles. The predicted molar refractivity (Wildman–Crippen MR) is 56.4 cm³/mol. The third-order valence-electron chi connectivity index (χ3n) is 1.63. The van der Waals surface area contributed by atoms with Crippen LogP contribution in [0.5, 0.6) is 11.5 Å². The summed E-state index contributed by atoms with van der Waals surface area (Å²) >= 11 is 4.40. The second-order valence-electron chi connectivity index (χ2n) is 2.53. The summed E-state index contributed by atoms with van der Waals surface area (Å²) in [4.78, 5) is 0. The third-order valence-corrected chi connectivity index (χ3v) is 3.01. The zero-order valence-corrected chi connectivity index (χ0v) is 9.21. The molecule has 14 heavy (non-hydrogen) atoms. The van der Waals surface area contributed by atoms with Gasteiger partial charge in [0.2, 0.25) is 0 Å². The van der Waals surface area contributed by atoms with Crippen molar-refractivity contribution in [2.75, 3.05) is 0 Å². The Morgan fingerprint density at radius 3 is 2.29 bits per heavy atom. The molecule has 2 aromatic rings. The van der Waals surface area contributed by atoms with Crippen LogP contribution in [-0.4, -0.2) is 20.4 Å². The van der Waals surface area contributed by atoms with Crippen molar-refractivity contribution in [2.45, 2.75) is 0 Å². The van der Waals surface area contributed by atoms with Crippen molar-refractivity contribution in [3.63, 3.8) is 0 Å². The molecule has 0 atom stereocenters. The number of hydrogen-bond donors (Lipinski definition) is 2. The highest BCUT2D eigenvalue weighted by atomic mass is 79.9. The molecule has 6 heteroatoms. The first kappa shape index (κ1) is 9.42. The van der Waals surface area contributed by atoms with Gasteiger partial charge in [-0.1, -0.05) is 17.4 Å². The van der Waals surface area contributed by atoms with Gasteiger partial charge in [0.15, 0.2) is 8.92 Å². The van der Waals surface area contributed by atoms with Crippen LogP contribution in [-0.2, 0) is 0 Å². The molecule has 1 heterocycles. The maximum absolute atomic E-state index is 9.52. The van der Waals surface area contributed by atoms with Crippen molar-refractivity contribution in [3.05, 3.63) is 22.1 Å². The Morgan fingerprint density at radius 2 is 1.79 bits per heavy atom. The molecule has 4 nitrogen and oxygen atoms in total. The van der Waals surface area contributed by atoms with E-state index in [1.165, 1.54) is 23.5 Å². The van der Waals surface area contributed by atoms with Crippen LogP contribution in [0.25, 0.3) is 10.6 Å². The van der Waals surface area contributed by atoms with Crippen molar-refractivity contribution < 1.29 is 10.2 Å². The van der Waals surface area contributed by atoms with Gasteiger partial charge in [-0.2, -0.15) is 0 Å². The first-order chi connectivity index (χ1) is 6.68. The highest BCUT2D eigenvalue weighted by Gasteiger charge is 2.13. The summed E-state index contributed by atoms with van der Waals surface area (Å²) in [5.41, 5.74) is 0.315. The van der Waals surface area contributed by atoms with Crippen LogP contribution >= 0.6 is 27.3 Å². The summed E-state index contributed by atoms with van der Waals surface area (Å²) in [6, 6.07) is 4.54. The smallest absolute Gasteiger partial charge is 0.183 e. The molecule has 0 radical (unpaired) electrons. The minimum Gasteiger partial charge on any atom is -0.507 e. The topological polar surface area (TPSA) is 66.2 Å². The van der Waals surface area contributed by atoms with Crippen LogP contribution in [0.2, 0.25) is 0 Å². The highest BCUT2D eigenvalue weighted by Crippen LogP contribution is 2.38. The van der Waals surface area contributed by atoms with E-state index in [4.69, 9.17) is 0 Å². The van der Waals surface area contributed by atoms with Gasteiger partial charge in [0.05, 0.1) is 5.56 Å². The monoisotopic (exact) mass is 272 g/mol. The molecular weight excluding hydrogens is 268 g/mol. The number of rotatable bonds is 1. The normalized spacial score (nSPS) is 10.4. The molecule has 0 aliphatic carbocycles. The lowest BCUT2D eigenvalue weighted by Crippen LogP contribution is -1.79. The van der Waals surface area contributed by atoms with E-state index in [1.807, 2.05) is 0 Å². The van der Waals surface area contributed by atoms with Crippen LogP contribution in [0.3, 0.4) is 0 Å². The SMILES string of the molecule is Oc1cccc(O)c1-c1nnc(Br)s1. The largest absolute Gasteiger partial charge is 0.507 e. The van der Waals surface area contributed by atoms with Gasteiger partial charge in [-0.25, -0.2) is 0 Å². The average molecular weight is 273 g/mol. The zero-order valence-electron chi connectivity index (χ0n) is 6.81. The summed E-state index contributed by atoms with van der Waals surface area (Å²) < 4.78 is 0.607. The van der Waals surface area contributed by atoms with Gasteiger partial charge in [0.1, 0.15) is 11.5 Å². The Morgan fingerprint density at radius 1 is 1.14 bits per heavy atom. The Kier molecular flexibility index (Phi) is 2.39. The van der Waals surface area contributed by atoms with Crippen LogP contribution in [0.4, 0.5) is 0 Å². The molecule has 0 fully saturated rings. The highest BCUT2D eigenvalue weighted by molar-refractivity contribution is 9.11. The number of benzene rings is 1. The Bertz CT molecular complexity index is 452. The lowest BCUT2D eigenvalue weighted by molar-refractivity contribution is 0.454. The molecule has 0 aliphatic rings.